The van der Waals surface area contributed by atoms with E-state index in [4.69, 9.17) is 4.74 Å². The van der Waals surface area contributed by atoms with Crippen molar-refractivity contribution in [1.82, 2.24) is 0 Å². The van der Waals surface area contributed by atoms with Crippen LogP contribution < -0.4 is 4.46 Å². The summed E-state index contributed by atoms with van der Waals surface area (Å²) in [6.45, 7) is 1.48. The molecule has 1 atom stereocenters. The molecule has 0 spiro atoms. The van der Waals surface area contributed by atoms with Gasteiger partial charge in [-0.15, -0.1) is 0 Å². The zero-order chi connectivity index (χ0) is 16.1. The average molecular weight is 369 g/mol. The van der Waals surface area contributed by atoms with E-state index in [0.717, 1.165) is 10.9 Å². The van der Waals surface area contributed by atoms with Crippen LogP contribution in [-0.2, 0) is 9.53 Å². The molecule has 0 aliphatic heterocycles. The summed E-state index contributed by atoms with van der Waals surface area (Å²) >= 11 is 0.271. The van der Waals surface area contributed by atoms with Gasteiger partial charge in [0, 0.05) is 0 Å². The summed E-state index contributed by atoms with van der Waals surface area (Å²) in [4.78, 5) is 11.5. The average Bonchev–Trinajstić information content (AvgIpc) is 2.59. The fraction of sp³-hybridized carbons (Fsp3) is 0.150. The molecular weight excluding hydrogens is 351 g/mol. The molecule has 3 rings (SSSR count). The first-order chi connectivity index (χ1) is 11.2. The van der Waals surface area contributed by atoms with Gasteiger partial charge in [-0.1, -0.05) is 0 Å². The fourth-order valence-corrected chi connectivity index (χ4v) is 4.50. The first-order valence-electron chi connectivity index (χ1n) is 7.56. The van der Waals surface area contributed by atoms with Crippen LogP contribution >= 0.6 is 0 Å². The zero-order valence-electron chi connectivity index (χ0n) is 12.9. The minimum atomic E-state index is -0.230. The summed E-state index contributed by atoms with van der Waals surface area (Å²) < 4.78 is 6.90. The molecule has 0 aromatic heterocycles. The van der Waals surface area contributed by atoms with Crippen molar-refractivity contribution in [2.24, 2.45) is 0 Å². The van der Waals surface area contributed by atoms with Crippen LogP contribution in [0.15, 0.2) is 72.8 Å². The second kappa shape index (κ2) is 7.45. The van der Waals surface area contributed by atoms with Crippen LogP contribution in [-0.4, -0.2) is 20.9 Å². The summed E-state index contributed by atoms with van der Waals surface area (Å²) in [5.74, 6) is -0.230. The van der Waals surface area contributed by atoms with Crippen LogP contribution in [0, 0.1) is 0 Å². The molecule has 3 aromatic carbocycles. The number of benzene rings is 3. The summed E-state index contributed by atoms with van der Waals surface area (Å²) in [5, 5.41) is 3.22. The third-order valence-electron chi connectivity index (χ3n) is 3.60. The molecule has 116 valence electrons. The van der Waals surface area contributed by atoms with Gasteiger partial charge in [0.25, 0.3) is 0 Å². The van der Waals surface area contributed by atoms with Crippen LogP contribution in [0.2, 0.25) is 5.32 Å². The van der Waals surface area contributed by atoms with Gasteiger partial charge in [0.2, 0.25) is 0 Å². The number of rotatable bonds is 5. The molecule has 0 bridgehead atoms. The van der Waals surface area contributed by atoms with Crippen molar-refractivity contribution in [2.45, 2.75) is 18.3 Å². The quantitative estimate of drug-likeness (QED) is 0.504. The Morgan fingerprint density at radius 2 is 1.65 bits per heavy atom. The van der Waals surface area contributed by atoms with Gasteiger partial charge in [-0.2, -0.15) is 0 Å². The van der Waals surface area contributed by atoms with E-state index in [1.54, 1.807) is 0 Å². The Hall–Kier alpha value is -2.09. The van der Waals surface area contributed by atoms with Crippen molar-refractivity contribution in [3.05, 3.63) is 78.4 Å². The van der Waals surface area contributed by atoms with E-state index < -0.39 is 0 Å². The van der Waals surface area contributed by atoms with Crippen molar-refractivity contribution in [3.8, 4) is 0 Å². The minimum absolute atomic E-state index is 0.183. The second-order valence-electron chi connectivity index (χ2n) is 5.33. The van der Waals surface area contributed by atoms with Crippen molar-refractivity contribution in [2.75, 3.05) is 0 Å². The molecule has 0 amide bonds. The van der Waals surface area contributed by atoms with Gasteiger partial charge in [-0.3, -0.25) is 0 Å². The maximum atomic E-state index is 11.5. The first-order valence-corrected chi connectivity index (χ1v) is 9.63. The molecule has 0 N–H and O–H groups in total. The molecule has 0 fully saturated rings. The molecule has 0 aliphatic rings. The van der Waals surface area contributed by atoms with E-state index in [0.29, 0.717) is 0 Å². The molecule has 0 saturated carbocycles. The maximum absolute atomic E-state index is 11.5. The third-order valence-corrected chi connectivity index (χ3v) is 5.85. The molecule has 0 aliphatic carbocycles. The van der Waals surface area contributed by atoms with Gasteiger partial charge in [0.1, 0.15) is 0 Å². The summed E-state index contributed by atoms with van der Waals surface area (Å²) in [6.07, 6.45) is -0.183. The van der Waals surface area contributed by atoms with E-state index in [1.807, 2.05) is 30.3 Å². The van der Waals surface area contributed by atoms with Crippen LogP contribution in [0.25, 0.3) is 10.8 Å². The van der Waals surface area contributed by atoms with Gasteiger partial charge in [-0.25, -0.2) is 0 Å². The Morgan fingerprint density at radius 1 is 0.957 bits per heavy atom. The molecular formula is C20H18O2Se. The molecule has 23 heavy (non-hydrogen) atoms. The van der Waals surface area contributed by atoms with Crippen LogP contribution in [0.1, 0.15) is 18.6 Å². The number of carbonyl (C=O) groups is 1. The molecule has 0 saturated heterocycles. The summed E-state index contributed by atoms with van der Waals surface area (Å²) in [5.41, 5.74) is 1.07. The van der Waals surface area contributed by atoms with E-state index >= 15 is 0 Å². The number of ether oxygens (including phenoxy) is 1. The number of carbonyl (C=O) groups excluding carboxylic acids is 1. The first kappa shape index (κ1) is 15.8. The van der Waals surface area contributed by atoms with E-state index in [1.165, 1.54) is 22.2 Å². The van der Waals surface area contributed by atoms with Crippen molar-refractivity contribution in [3.63, 3.8) is 0 Å². The Kier molecular flexibility index (Phi) is 5.12. The fourth-order valence-electron chi connectivity index (χ4n) is 2.50. The standard InChI is InChI=1S/C20H18O2Se/c1-15(21)22-20(14-23-19-9-3-2-4-10-19)18-12-11-16-7-5-6-8-17(16)13-18/h2-13,20H,14H2,1H3. The molecule has 2 nitrogen and oxygen atoms in total. The van der Waals surface area contributed by atoms with Crippen molar-refractivity contribution in [1.29, 1.82) is 0 Å². The Bertz CT molecular complexity index is 799. The predicted molar refractivity (Wildman–Crippen MR) is 95.1 cm³/mol. The van der Waals surface area contributed by atoms with Gasteiger partial charge < -0.3 is 0 Å². The van der Waals surface area contributed by atoms with Crippen LogP contribution in [0.5, 0.6) is 0 Å². The van der Waals surface area contributed by atoms with E-state index in [2.05, 4.69) is 42.5 Å². The molecule has 1 unspecified atom stereocenters. The Labute approximate surface area is 142 Å². The summed E-state index contributed by atoms with van der Waals surface area (Å²) in [7, 11) is 0. The van der Waals surface area contributed by atoms with Crippen molar-refractivity contribution < 1.29 is 9.53 Å². The number of fused-ring (bicyclic) bond motifs is 1. The van der Waals surface area contributed by atoms with Gasteiger partial charge >= 0.3 is 142 Å². The molecule has 3 heteroatoms. The predicted octanol–water partition coefficient (Wildman–Crippen LogP) is 3.89. The summed E-state index contributed by atoms with van der Waals surface area (Å²) in [6, 6.07) is 24.9. The number of hydrogen-bond acceptors (Lipinski definition) is 2. The topological polar surface area (TPSA) is 26.3 Å². The van der Waals surface area contributed by atoms with Gasteiger partial charge in [0.05, 0.1) is 0 Å². The third kappa shape index (κ3) is 4.22. The monoisotopic (exact) mass is 370 g/mol. The Balaban J connectivity index is 1.83. The van der Waals surface area contributed by atoms with Crippen LogP contribution in [0.3, 0.4) is 0 Å². The van der Waals surface area contributed by atoms with E-state index in [9.17, 15) is 4.79 Å². The van der Waals surface area contributed by atoms with Crippen molar-refractivity contribution >= 4 is 36.2 Å². The zero-order valence-corrected chi connectivity index (χ0v) is 14.7. The number of hydrogen-bond donors (Lipinski definition) is 0. The van der Waals surface area contributed by atoms with E-state index in [-0.39, 0.29) is 27.0 Å². The van der Waals surface area contributed by atoms with Crippen LogP contribution in [0.4, 0.5) is 0 Å². The molecule has 0 heterocycles. The number of esters is 1. The SMILES string of the molecule is CC(=O)OC(C[Se]c1ccccc1)c1ccc2ccccc2c1. The molecule has 0 radical (unpaired) electrons. The van der Waals surface area contributed by atoms with Gasteiger partial charge in [-0.05, 0) is 0 Å². The second-order valence-corrected chi connectivity index (χ2v) is 7.62. The Morgan fingerprint density at radius 3 is 2.39 bits per heavy atom. The molecule has 3 aromatic rings. The van der Waals surface area contributed by atoms with Gasteiger partial charge in [0.15, 0.2) is 0 Å². The normalized spacial score (nSPS) is 12.0.